The highest BCUT2D eigenvalue weighted by molar-refractivity contribution is 5.80. The van der Waals surface area contributed by atoms with Gasteiger partial charge in [-0.25, -0.2) is 4.98 Å². The lowest BCUT2D eigenvalue weighted by molar-refractivity contribution is -0.125. The van der Waals surface area contributed by atoms with Gasteiger partial charge in [0.25, 0.3) is 0 Å². The predicted molar refractivity (Wildman–Crippen MR) is 72.5 cm³/mol. The average Bonchev–Trinajstić information content (AvgIpc) is 2.77. The van der Waals surface area contributed by atoms with Crippen LogP contribution in [0.15, 0.2) is 24.4 Å². The van der Waals surface area contributed by atoms with Gasteiger partial charge in [-0.15, -0.1) is 0 Å². The molecule has 1 unspecified atom stereocenters. The molecule has 1 N–H and O–H groups in total. The number of rotatable bonds is 2. The molecule has 1 saturated heterocycles. The second-order valence-corrected chi connectivity index (χ2v) is 5.86. The largest absolute Gasteiger partial charge is 0.356 e. The molecule has 1 aliphatic heterocycles. The molecule has 4 heteroatoms. The van der Waals surface area contributed by atoms with E-state index in [9.17, 15) is 4.79 Å². The molecule has 0 aliphatic carbocycles. The van der Waals surface area contributed by atoms with E-state index in [0.717, 1.165) is 25.3 Å². The zero-order chi connectivity index (χ0) is 13.2. The van der Waals surface area contributed by atoms with Gasteiger partial charge in [-0.3, -0.25) is 4.79 Å². The topological polar surface area (TPSA) is 45.2 Å². The smallest absolute Gasteiger partial charge is 0.225 e. The summed E-state index contributed by atoms with van der Waals surface area (Å²) in [5.74, 6) is 1.19. The Labute approximate surface area is 108 Å². The third kappa shape index (κ3) is 3.22. The molecular formula is C14H21N3O. The molecule has 98 valence electrons. The second-order valence-electron chi connectivity index (χ2n) is 5.86. The van der Waals surface area contributed by atoms with Crippen molar-refractivity contribution >= 4 is 11.7 Å². The van der Waals surface area contributed by atoms with Crippen LogP contribution >= 0.6 is 0 Å². The van der Waals surface area contributed by atoms with Crippen molar-refractivity contribution in [2.75, 3.05) is 18.0 Å². The van der Waals surface area contributed by atoms with Gasteiger partial charge in [0.1, 0.15) is 5.82 Å². The molecule has 2 heterocycles. The molecule has 1 atom stereocenters. The maximum absolute atomic E-state index is 12.1. The van der Waals surface area contributed by atoms with E-state index in [1.54, 1.807) is 6.20 Å². The van der Waals surface area contributed by atoms with Crippen LogP contribution in [0.5, 0.6) is 0 Å². The Morgan fingerprint density at radius 2 is 2.22 bits per heavy atom. The molecule has 1 aromatic heterocycles. The summed E-state index contributed by atoms with van der Waals surface area (Å²) < 4.78 is 0. The first-order chi connectivity index (χ1) is 8.46. The minimum atomic E-state index is -0.157. The van der Waals surface area contributed by atoms with Crippen LogP contribution in [-0.2, 0) is 4.79 Å². The molecule has 1 fully saturated rings. The molecule has 1 aromatic rings. The Bertz CT molecular complexity index is 411. The van der Waals surface area contributed by atoms with Crippen LogP contribution < -0.4 is 10.2 Å². The maximum Gasteiger partial charge on any atom is 0.225 e. The summed E-state index contributed by atoms with van der Waals surface area (Å²) in [5.41, 5.74) is -0.157. The highest BCUT2D eigenvalue weighted by Crippen LogP contribution is 2.22. The minimum Gasteiger partial charge on any atom is -0.356 e. The summed E-state index contributed by atoms with van der Waals surface area (Å²) in [6.45, 7) is 7.70. The predicted octanol–water partition coefficient (Wildman–Crippen LogP) is 1.82. The van der Waals surface area contributed by atoms with Gasteiger partial charge in [0.2, 0.25) is 5.91 Å². The third-order valence-electron chi connectivity index (χ3n) is 3.03. The van der Waals surface area contributed by atoms with Crippen LogP contribution in [0.4, 0.5) is 5.82 Å². The van der Waals surface area contributed by atoms with E-state index < -0.39 is 0 Å². The van der Waals surface area contributed by atoms with E-state index in [1.807, 2.05) is 39.0 Å². The standard InChI is InChI=1S/C14H21N3O/c1-14(2,3)16-13(18)11-7-9-17(10-11)12-6-4-5-8-15-12/h4-6,8,11H,7,9-10H2,1-3H3,(H,16,18). The van der Waals surface area contributed by atoms with Gasteiger partial charge in [-0.1, -0.05) is 6.07 Å². The number of nitrogens with one attached hydrogen (secondary N) is 1. The fraction of sp³-hybridized carbons (Fsp3) is 0.571. The number of carbonyl (C=O) groups is 1. The fourth-order valence-corrected chi connectivity index (χ4v) is 2.19. The van der Waals surface area contributed by atoms with Crippen molar-refractivity contribution in [2.24, 2.45) is 5.92 Å². The number of hydrogen-bond donors (Lipinski definition) is 1. The summed E-state index contributed by atoms with van der Waals surface area (Å²) in [4.78, 5) is 18.6. The lowest BCUT2D eigenvalue weighted by Gasteiger charge is -2.23. The quantitative estimate of drug-likeness (QED) is 0.867. The summed E-state index contributed by atoms with van der Waals surface area (Å²) in [6, 6.07) is 5.87. The molecule has 1 aliphatic rings. The van der Waals surface area contributed by atoms with Crippen LogP contribution in [0.3, 0.4) is 0 Å². The van der Waals surface area contributed by atoms with Gasteiger partial charge in [-0.2, -0.15) is 0 Å². The Morgan fingerprint density at radius 1 is 1.44 bits per heavy atom. The number of amides is 1. The van der Waals surface area contributed by atoms with Crippen molar-refractivity contribution in [3.8, 4) is 0 Å². The summed E-state index contributed by atoms with van der Waals surface area (Å²) >= 11 is 0. The summed E-state index contributed by atoms with van der Waals surface area (Å²) in [6.07, 6.45) is 2.69. The van der Waals surface area contributed by atoms with Crippen molar-refractivity contribution in [1.29, 1.82) is 0 Å². The minimum absolute atomic E-state index is 0.0752. The molecule has 2 rings (SSSR count). The average molecular weight is 247 g/mol. The number of nitrogens with zero attached hydrogens (tertiary/aromatic N) is 2. The number of carbonyl (C=O) groups excluding carboxylic acids is 1. The Kier molecular flexibility index (Phi) is 3.55. The van der Waals surface area contributed by atoms with Gasteiger partial charge in [0.15, 0.2) is 0 Å². The lowest BCUT2D eigenvalue weighted by Crippen LogP contribution is -2.44. The molecule has 0 saturated carbocycles. The van der Waals surface area contributed by atoms with E-state index in [1.165, 1.54) is 0 Å². The van der Waals surface area contributed by atoms with E-state index in [4.69, 9.17) is 0 Å². The normalized spacial score (nSPS) is 19.9. The Balaban J connectivity index is 1.95. The van der Waals surface area contributed by atoms with Crippen LogP contribution in [0.2, 0.25) is 0 Å². The van der Waals surface area contributed by atoms with E-state index in [-0.39, 0.29) is 17.4 Å². The fourth-order valence-electron chi connectivity index (χ4n) is 2.19. The van der Waals surface area contributed by atoms with Crippen LogP contribution in [-0.4, -0.2) is 29.5 Å². The number of pyridine rings is 1. The molecule has 0 spiro atoms. The van der Waals surface area contributed by atoms with E-state index in [2.05, 4.69) is 15.2 Å². The molecule has 0 bridgehead atoms. The molecule has 0 aromatic carbocycles. The number of hydrogen-bond acceptors (Lipinski definition) is 3. The highest BCUT2D eigenvalue weighted by atomic mass is 16.2. The SMILES string of the molecule is CC(C)(C)NC(=O)C1CCN(c2ccccn2)C1. The van der Waals surface area contributed by atoms with Crippen molar-refractivity contribution < 1.29 is 4.79 Å². The Morgan fingerprint density at radius 3 is 2.83 bits per heavy atom. The van der Waals surface area contributed by atoms with Crippen molar-refractivity contribution in [3.05, 3.63) is 24.4 Å². The van der Waals surface area contributed by atoms with Gasteiger partial charge >= 0.3 is 0 Å². The zero-order valence-electron chi connectivity index (χ0n) is 11.3. The maximum atomic E-state index is 12.1. The van der Waals surface area contributed by atoms with Crippen LogP contribution in [0.1, 0.15) is 27.2 Å². The number of anilines is 1. The van der Waals surface area contributed by atoms with E-state index >= 15 is 0 Å². The third-order valence-corrected chi connectivity index (χ3v) is 3.03. The van der Waals surface area contributed by atoms with Gasteiger partial charge in [0.05, 0.1) is 5.92 Å². The first kappa shape index (κ1) is 12.9. The van der Waals surface area contributed by atoms with Crippen LogP contribution in [0.25, 0.3) is 0 Å². The number of aromatic nitrogens is 1. The van der Waals surface area contributed by atoms with Crippen molar-refractivity contribution in [1.82, 2.24) is 10.3 Å². The van der Waals surface area contributed by atoms with E-state index in [0.29, 0.717) is 0 Å². The first-order valence-corrected chi connectivity index (χ1v) is 6.44. The Hall–Kier alpha value is -1.58. The summed E-state index contributed by atoms with van der Waals surface area (Å²) in [5, 5.41) is 3.05. The molecule has 0 radical (unpaired) electrons. The zero-order valence-corrected chi connectivity index (χ0v) is 11.3. The highest BCUT2D eigenvalue weighted by Gasteiger charge is 2.30. The molecule has 1 amide bonds. The monoisotopic (exact) mass is 247 g/mol. The molecule has 4 nitrogen and oxygen atoms in total. The van der Waals surface area contributed by atoms with Crippen LogP contribution in [0, 0.1) is 5.92 Å². The molecule has 18 heavy (non-hydrogen) atoms. The lowest BCUT2D eigenvalue weighted by atomic mass is 10.0. The van der Waals surface area contributed by atoms with Gasteiger partial charge in [-0.05, 0) is 39.3 Å². The van der Waals surface area contributed by atoms with Crippen molar-refractivity contribution in [3.63, 3.8) is 0 Å². The first-order valence-electron chi connectivity index (χ1n) is 6.44. The summed E-state index contributed by atoms with van der Waals surface area (Å²) in [7, 11) is 0. The van der Waals surface area contributed by atoms with Gasteiger partial charge < -0.3 is 10.2 Å². The molecular weight excluding hydrogens is 226 g/mol. The second kappa shape index (κ2) is 4.96. The van der Waals surface area contributed by atoms with Gasteiger partial charge in [0, 0.05) is 24.8 Å². The van der Waals surface area contributed by atoms with Crippen molar-refractivity contribution in [2.45, 2.75) is 32.7 Å².